The highest BCUT2D eigenvalue weighted by Gasteiger charge is 2.33. The normalized spacial score (nSPS) is 11.8. The van der Waals surface area contributed by atoms with Gasteiger partial charge in [0.25, 0.3) is 0 Å². The Morgan fingerprint density at radius 2 is 1.83 bits per heavy atom. The number of aromatic nitrogens is 2. The standard InChI is InChI=1S/C13H13F3N2/c1-9-3-4-11(7-10(9)2)8-18-6-5-12(17-18)13(14,15)16/h3-7H,8H2,1-2H3. The molecule has 0 atom stereocenters. The zero-order chi connectivity index (χ0) is 13.3. The molecule has 18 heavy (non-hydrogen) atoms. The van der Waals surface area contributed by atoms with Crippen molar-refractivity contribution in [3.05, 3.63) is 52.8 Å². The van der Waals surface area contributed by atoms with Gasteiger partial charge in [0.05, 0.1) is 6.54 Å². The summed E-state index contributed by atoms with van der Waals surface area (Å²) in [6.07, 6.45) is -3.04. The lowest BCUT2D eigenvalue weighted by molar-refractivity contribution is -0.141. The van der Waals surface area contributed by atoms with E-state index in [-0.39, 0.29) is 0 Å². The quantitative estimate of drug-likeness (QED) is 0.801. The molecule has 2 rings (SSSR count). The summed E-state index contributed by atoms with van der Waals surface area (Å²) in [5, 5.41) is 3.52. The van der Waals surface area contributed by atoms with Crippen LogP contribution in [0.25, 0.3) is 0 Å². The predicted molar refractivity (Wildman–Crippen MR) is 62.2 cm³/mol. The molecular formula is C13H13F3N2. The predicted octanol–water partition coefficient (Wildman–Crippen LogP) is 3.57. The van der Waals surface area contributed by atoms with Crippen molar-refractivity contribution in [1.29, 1.82) is 0 Å². The molecule has 0 fully saturated rings. The van der Waals surface area contributed by atoms with Crippen molar-refractivity contribution in [2.24, 2.45) is 0 Å². The Morgan fingerprint density at radius 3 is 2.39 bits per heavy atom. The summed E-state index contributed by atoms with van der Waals surface area (Å²) >= 11 is 0. The molecule has 0 amide bonds. The van der Waals surface area contributed by atoms with Crippen molar-refractivity contribution < 1.29 is 13.2 Å². The molecule has 96 valence electrons. The topological polar surface area (TPSA) is 17.8 Å². The first-order valence-corrected chi connectivity index (χ1v) is 5.53. The van der Waals surface area contributed by atoms with Crippen molar-refractivity contribution in [3.8, 4) is 0 Å². The van der Waals surface area contributed by atoms with Crippen molar-refractivity contribution in [2.75, 3.05) is 0 Å². The third-order valence-corrected chi connectivity index (χ3v) is 2.85. The number of hydrogen-bond acceptors (Lipinski definition) is 1. The number of rotatable bonds is 2. The van der Waals surface area contributed by atoms with Crippen LogP contribution in [0.15, 0.2) is 30.5 Å². The molecule has 0 bridgehead atoms. The van der Waals surface area contributed by atoms with E-state index in [1.807, 2.05) is 32.0 Å². The molecular weight excluding hydrogens is 241 g/mol. The zero-order valence-electron chi connectivity index (χ0n) is 10.1. The summed E-state index contributed by atoms with van der Waals surface area (Å²) in [5.74, 6) is 0. The van der Waals surface area contributed by atoms with Crippen LogP contribution < -0.4 is 0 Å². The Bertz CT molecular complexity index is 556. The highest BCUT2D eigenvalue weighted by molar-refractivity contribution is 5.30. The van der Waals surface area contributed by atoms with Gasteiger partial charge in [-0.3, -0.25) is 4.68 Å². The first kappa shape index (κ1) is 12.7. The van der Waals surface area contributed by atoms with Crippen molar-refractivity contribution in [1.82, 2.24) is 9.78 Å². The van der Waals surface area contributed by atoms with Gasteiger partial charge in [-0.05, 0) is 36.6 Å². The second-order valence-corrected chi connectivity index (χ2v) is 4.31. The van der Waals surface area contributed by atoms with E-state index in [4.69, 9.17) is 0 Å². The molecule has 0 unspecified atom stereocenters. The molecule has 1 aromatic heterocycles. The van der Waals surface area contributed by atoms with E-state index >= 15 is 0 Å². The average Bonchev–Trinajstić information content (AvgIpc) is 2.72. The van der Waals surface area contributed by atoms with Gasteiger partial charge in [-0.15, -0.1) is 0 Å². The van der Waals surface area contributed by atoms with Crippen LogP contribution in [0, 0.1) is 13.8 Å². The monoisotopic (exact) mass is 254 g/mol. The smallest absolute Gasteiger partial charge is 0.268 e. The molecule has 2 aromatic rings. The third-order valence-electron chi connectivity index (χ3n) is 2.85. The molecule has 0 saturated heterocycles. The van der Waals surface area contributed by atoms with Crippen molar-refractivity contribution in [2.45, 2.75) is 26.6 Å². The second-order valence-electron chi connectivity index (χ2n) is 4.31. The molecule has 1 aromatic carbocycles. The molecule has 0 aliphatic heterocycles. The molecule has 0 saturated carbocycles. The van der Waals surface area contributed by atoms with Crippen molar-refractivity contribution in [3.63, 3.8) is 0 Å². The molecule has 2 nitrogen and oxygen atoms in total. The molecule has 0 N–H and O–H groups in total. The van der Waals surface area contributed by atoms with E-state index < -0.39 is 11.9 Å². The maximum Gasteiger partial charge on any atom is 0.435 e. The van der Waals surface area contributed by atoms with E-state index in [1.165, 1.54) is 10.9 Å². The summed E-state index contributed by atoms with van der Waals surface area (Å²) in [6, 6.07) is 6.81. The van der Waals surface area contributed by atoms with E-state index in [0.29, 0.717) is 6.54 Å². The van der Waals surface area contributed by atoms with Gasteiger partial charge in [0.1, 0.15) is 0 Å². The van der Waals surface area contributed by atoms with Crippen LogP contribution in [0.3, 0.4) is 0 Å². The number of halogens is 3. The number of hydrogen-bond donors (Lipinski definition) is 0. The number of benzene rings is 1. The Balaban J connectivity index is 2.19. The Kier molecular flexibility index (Phi) is 3.15. The van der Waals surface area contributed by atoms with Gasteiger partial charge in [0.15, 0.2) is 5.69 Å². The van der Waals surface area contributed by atoms with Crippen LogP contribution in [0.5, 0.6) is 0 Å². The summed E-state index contributed by atoms with van der Waals surface area (Å²) in [4.78, 5) is 0. The Morgan fingerprint density at radius 1 is 1.11 bits per heavy atom. The zero-order valence-corrected chi connectivity index (χ0v) is 10.1. The van der Waals surface area contributed by atoms with Gasteiger partial charge in [-0.1, -0.05) is 18.2 Å². The molecule has 0 aliphatic rings. The van der Waals surface area contributed by atoms with Crippen LogP contribution >= 0.6 is 0 Å². The molecule has 0 radical (unpaired) electrons. The van der Waals surface area contributed by atoms with E-state index in [0.717, 1.165) is 22.8 Å². The second kappa shape index (κ2) is 4.48. The summed E-state index contributed by atoms with van der Waals surface area (Å²) in [5.41, 5.74) is 2.37. The van der Waals surface area contributed by atoms with Gasteiger partial charge >= 0.3 is 6.18 Å². The molecule has 1 heterocycles. The molecule has 5 heteroatoms. The SMILES string of the molecule is Cc1ccc(Cn2ccc(C(F)(F)F)n2)cc1C. The first-order valence-electron chi connectivity index (χ1n) is 5.53. The van der Waals surface area contributed by atoms with Gasteiger partial charge in [-0.25, -0.2) is 0 Å². The maximum absolute atomic E-state index is 12.4. The van der Waals surface area contributed by atoms with Gasteiger partial charge in [0, 0.05) is 6.20 Å². The lowest BCUT2D eigenvalue weighted by Crippen LogP contribution is -2.08. The fourth-order valence-corrected chi connectivity index (χ4v) is 1.69. The minimum Gasteiger partial charge on any atom is -0.268 e. The lowest BCUT2D eigenvalue weighted by Gasteiger charge is -2.06. The van der Waals surface area contributed by atoms with Crippen molar-refractivity contribution >= 4 is 0 Å². The summed E-state index contributed by atoms with van der Waals surface area (Å²) < 4.78 is 38.4. The van der Waals surface area contributed by atoms with Crippen LogP contribution in [0.2, 0.25) is 0 Å². The number of alkyl halides is 3. The van der Waals surface area contributed by atoms with Gasteiger partial charge < -0.3 is 0 Å². The Labute approximate surface area is 103 Å². The summed E-state index contributed by atoms with van der Waals surface area (Å²) in [7, 11) is 0. The maximum atomic E-state index is 12.4. The largest absolute Gasteiger partial charge is 0.435 e. The molecule has 0 aliphatic carbocycles. The van der Waals surface area contributed by atoms with E-state index in [1.54, 1.807) is 0 Å². The number of aryl methyl sites for hydroxylation is 2. The summed E-state index contributed by atoms with van der Waals surface area (Å²) in [6.45, 7) is 4.31. The number of nitrogens with zero attached hydrogens (tertiary/aromatic N) is 2. The van der Waals surface area contributed by atoms with Gasteiger partial charge in [0.2, 0.25) is 0 Å². The van der Waals surface area contributed by atoms with Crippen LogP contribution in [-0.4, -0.2) is 9.78 Å². The fourth-order valence-electron chi connectivity index (χ4n) is 1.69. The molecule has 0 spiro atoms. The lowest BCUT2D eigenvalue weighted by atomic mass is 10.1. The average molecular weight is 254 g/mol. The van der Waals surface area contributed by atoms with E-state index in [2.05, 4.69) is 5.10 Å². The minimum absolute atomic E-state index is 0.344. The van der Waals surface area contributed by atoms with Gasteiger partial charge in [-0.2, -0.15) is 18.3 Å². The third kappa shape index (κ3) is 2.72. The van der Waals surface area contributed by atoms with Crippen LogP contribution in [0.4, 0.5) is 13.2 Å². The Hall–Kier alpha value is -1.78. The van der Waals surface area contributed by atoms with Crippen LogP contribution in [-0.2, 0) is 12.7 Å². The fraction of sp³-hybridized carbons (Fsp3) is 0.308. The highest BCUT2D eigenvalue weighted by Crippen LogP contribution is 2.27. The minimum atomic E-state index is -4.38. The first-order chi connectivity index (χ1) is 8.36. The van der Waals surface area contributed by atoms with Crippen LogP contribution in [0.1, 0.15) is 22.4 Å². The highest BCUT2D eigenvalue weighted by atomic mass is 19.4. The van der Waals surface area contributed by atoms with E-state index in [9.17, 15) is 13.2 Å².